The molecule has 0 saturated heterocycles. The first-order valence-electron chi connectivity index (χ1n) is 13.0. The molecule has 0 amide bonds. The second-order valence-electron chi connectivity index (χ2n) is 9.24. The number of hydrogen-bond donors (Lipinski definition) is 0. The van der Waals surface area contributed by atoms with E-state index in [1.807, 2.05) is 121 Å². The van der Waals surface area contributed by atoms with Gasteiger partial charge in [0.2, 0.25) is 0 Å². The average molecular weight is 686 g/mol. The zero-order chi connectivity index (χ0) is 29.6. The first-order valence-corrected chi connectivity index (χ1v) is 14.4. The minimum Gasteiger partial charge on any atom is -0.195 e. The van der Waals surface area contributed by atoms with Crippen molar-refractivity contribution in [3.8, 4) is 0 Å². The van der Waals surface area contributed by atoms with Crippen molar-refractivity contribution >= 4 is 26.7 Å². The van der Waals surface area contributed by atoms with E-state index in [1.54, 1.807) is 12.1 Å². The monoisotopic (exact) mass is 685 g/mol. The smallest absolute Gasteiger partial charge is 0.195 e. The van der Waals surface area contributed by atoms with E-state index in [2.05, 4.69) is 10.5 Å². The Labute approximate surface area is 262 Å². The molecule has 3 nitrogen and oxygen atoms in total. The summed E-state index contributed by atoms with van der Waals surface area (Å²) < 4.78 is 68.2. The molecule has 5 aromatic carbocycles. The third-order valence-electron chi connectivity index (χ3n) is 6.41. The van der Waals surface area contributed by atoms with E-state index in [0.29, 0.717) is 22.3 Å². The Morgan fingerprint density at radius 3 is 1.63 bits per heavy atom. The van der Waals surface area contributed by atoms with E-state index >= 15 is 0 Å². The zero-order valence-electron chi connectivity index (χ0n) is 22.5. The van der Waals surface area contributed by atoms with Crippen LogP contribution in [-0.4, -0.2) is 13.9 Å². The summed E-state index contributed by atoms with van der Waals surface area (Å²) in [6.45, 7) is 0. The van der Waals surface area contributed by atoms with Gasteiger partial charge in [0.1, 0.15) is 0 Å². The van der Waals surface area contributed by atoms with Crippen molar-refractivity contribution < 1.29 is 42.0 Å². The van der Waals surface area contributed by atoms with Crippen LogP contribution >= 0.6 is 0 Å². The summed E-state index contributed by atoms with van der Waals surface area (Å²) in [7, 11) is -5.82. The Bertz CT molecular complexity index is 1900. The van der Waals surface area contributed by atoms with Gasteiger partial charge in [-0.15, -0.1) is 53.1 Å². The van der Waals surface area contributed by atoms with Crippen LogP contribution in [0.3, 0.4) is 0 Å². The molecule has 8 heteroatoms. The summed E-state index contributed by atoms with van der Waals surface area (Å²) in [5.41, 5.74) is -0.502. The van der Waals surface area contributed by atoms with Crippen LogP contribution in [0.5, 0.6) is 0 Å². The van der Waals surface area contributed by atoms with Crippen molar-refractivity contribution in [3.63, 3.8) is 0 Å². The number of sulfonamides is 1. The molecule has 0 radical (unpaired) electrons. The first kappa shape index (κ1) is 31.7. The molecular formula is C35H24F3NO2PdS. The predicted molar refractivity (Wildman–Crippen MR) is 160 cm³/mol. The molecule has 0 atom stereocenters. The van der Waals surface area contributed by atoms with E-state index in [1.165, 1.54) is 12.1 Å². The molecule has 0 N–H and O–H groups in total. The van der Waals surface area contributed by atoms with E-state index in [4.69, 9.17) is 0 Å². The molecule has 0 spiro atoms. The third kappa shape index (κ3) is 7.41. The Kier molecular flexibility index (Phi) is 10.2. The van der Waals surface area contributed by atoms with Crippen LogP contribution in [0.2, 0.25) is 0 Å². The van der Waals surface area contributed by atoms with Crippen LogP contribution in [0.15, 0.2) is 150 Å². The van der Waals surface area contributed by atoms with Gasteiger partial charge < -0.3 is 0 Å². The van der Waals surface area contributed by atoms with E-state index < -0.39 is 15.5 Å². The number of halogens is 3. The largest absolute Gasteiger partial charge is 2.00 e. The summed E-state index contributed by atoms with van der Waals surface area (Å²) in [6, 6.07) is 43.6. The van der Waals surface area contributed by atoms with Crippen LogP contribution in [0.25, 0.3) is 16.7 Å². The van der Waals surface area contributed by atoms with Crippen LogP contribution in [0.4, 0.5) is 13.2 Å². The van der Waals surface area contributed by atoms with Crippen molar-refractivity contribution in [3.05, 3.63) is 185 Å². The molecule has 0 aliphatic heterocycles. The van der Waals surface area contributed by atoms with Crippen LogP contribution < -0.4 is 5.36 Å². The fourth-order valence-electron chi connectivity index (χ4n) is 4.55. The van der Waals surface area contributed by atoms with Crippen molar-refractivity contribution in [2.24, 2.45) is 4.40 Å². The molecule has 5 aromatic rings. The van der Waals surface area contributed by atoms with Gasteiger partial charge in [0.05, 0.1) is 0 Å². The van der Waals surface area contributed by atoms with E-state index in [-0.39, 0.29) is 31.3 Å². The van der Waals surface area contributed by atoms with Crippen LogP contribution in [0, 0.1) is 6.08 Å². The number of benzene rings is 5. The molecule has 0 saturated carbocycles. The van der Waals surface area contributed by atoms with Crippen molar-refractivity contribution in [1.29, 1.82) is 0 Å². The standard InChI is InChI=1S/C35H24F3NO2S.Pd/c36-35(37,38)42(40,41)39-32-24-14-13-23-30(32)33(28-19-9-3-10-20-28)34(29-21-11-4-12-22-29)31(27-17-7-2-8-18-27)25-26-15-5-1-6-16-26;/h1-24H;/q-2;+2/b34-33-,39-32-;. The molecule has 43 heavy (non-hydrogen) atoms. The molecule has 218 valence electrons. The minimum atomic E-state index is -5.82. The number of nitrogens with zero attached hydrogens (tertiary/aromatic N) is 1. The fraction of sp³-hybridized carbons (Fsp3) is 0.0286. The van der Waals surface area contributed by atoms with Gasteiger partial charge in [-0.25, -0.2) is 0 Å². The normalized spacial score (nSPS) is 13.2. The summed E-state index contributed by atoms with van der Waals surface area (Å²) >= 11 is 0. The molecule has 0 bridgehead atoms. The van der Waals surface area contributed by atoms with Gasteiger partial charge in [0, 0.05) is 5.36 Å². The van der Waals surface area contributed by atoms with Crippen molar-refractivity contribution in [2.75, 3.05) is 0 Å². The molecule has 0 aromatic heterocycles. The molecule has 0 heterocycles. The fourth-order valence-corrected chi connectivity index (χ4v) is 5.08. The maximum absolute atomic E-state index is 13.5. The summed E-state index contributed by atoms with van der Waals surface area (Å²) in [4.78, 5) is 0. The Hall–Kier alpha value is -4.22. The van der Waals surface area contributed by atoms with Gasteiger partial charge in [0.25, 0.3) is 0 Å². The third-order valence-corrected chi connectivity index (χ3v) is 7.44. The Morgan fingerprint density at radius 1 is 0.628 bits per heavy atom. The van der Waals surface area contributed by atoms with Crippen LogP contribution in [-0.2, 0) is 30.4 Å². The quantitative estimate of drug-likeness (QED) is 0.0754. The second-order valence-corrected chi connectivity index (χ2v) is 10.8. The number of hydrogen-bond acceptors (Lipinski definition) is 2. The summed E-state index contributed by atoms with van der Waals surface area (Å²) in [6.07, 6.45) is 3.54. The number of rotatable bonds is 7. The molecule has 0 fully saturated rings. The Balaban J connectivity index is 0.00000423. The van der Waals surface area contributed by atoms with E-state index in [0.717, 1.165) is 16.7 Å². The average Bonchev–Trinajstić information content (AvgIpc) is 3.00. The van der Waals surface area contributed by atoms with Crippen molar-refractivity contribution in [2.45, 2.75) is 5.51 Å². The minimum absolute atomic E-state index is 0. The van der Waals surface area contributed by atoms with Gasteiger partial charge in [-0.3, -0.25) is 0 Å². The van der Waals surface area contributed by atoms with Crippen molar-refractivity contribution in [1.82, 2.24) is 0 Å². The number of alkyl halides is 3. The van der Waals surface area contributed by atoms with Gasteiger partial charge in [-0.2, -0.15) is 26.0 Å². The topological polar surface area (TPSA) is 46.5 Å². The van der Waals surface area contributed by atoms with Gasteiger partial charge in [-0.05, 0) is 0 Å². The number of allylic oxidation sites excluding steroid dienone is 2. The van der Waals surface area contributed by atoms with Gasteiger partial charge in [0.15, 0.2) is 0 Å². The van der Waals surface area contributed by atoms with E-state index in [9.17, 15) is 21.6 Å². The molecule has 5 rings (SSSR count). The summed E-state index contributed by atoms with van der Waals surface area (Å²) in [5.74, 6) is 0. The first-order chi connectivity index (χ1) is 20.2. The van der Waals surface area contributed by atoms with Gasteiger partial charge in [-0.1, -0.05) is 143 Å². The second kappa shape index (κ2) is 13.8. The van der Waals surface area contributed by atoms with Gasteiger partial charge >= 0.3 is 36.0 Å². The molecule has 0 aliphatic rings. The maximum Gasteiger partial charge on any atom is 2.00 e. The SMILES string of the molecule is O=S(=O)(/N=c1/cccc[c-]1/C(=C(\C(=[C-]c1ccccc1)c1ccccc1)c1ccccc1)c1ccccc1)C(F)(F)F.[Pd+2]. The summed E-state index contributed by atoms with van der Waals surface area (Å²) in [5, 5.41) is -0.325. The predicted octanol–water partition coefficient (Wildman–Crippen LogP) is 8.05. The Morgan fingerprint density at radius 2 is 1.09 bits per heavy atom. The van der Waals surface area contributed by atoms with Crippen LogP contribution in [0.1, 0.15) is 27.8 Å². The zero-order valence-corrected chi connectivity index (χ0v) is 24.8. The maximum atomic E-state index is 13.5. The molecule has 0 unspecified atom stereocenters. The molecule has 0 aliphatic carbocycles. The molecular weight excluding hydrogens is 662 g/mol.